The van der Waals surface area contributed by atoms with Crippen molar-refractivity contribution in [1.29, 1.82) is 0 Å². The molecule has 0 aromatic carbocycles. The second-order valence-corrected chi connectivity index (χ2v) is 6.35. The molecular weight excluding hydrogens is 429 g/mol. The first-order valence-corrected chi connectivity index (χ1v) is 9.47. The molecule has 0 spiro atoms. The Bertz CT molecular complexity index is 505. The third-order valence-corrected chi connectivity index (χ3v) is 4.62. The first kappa shape index (κ1) is 22.2. The summed E-state index contributed by atoms with van der Waals surface area (Å²) in [5.74, 6) is 1.66. The van der Waals surface area contributed by atoms with Gasteiger partial charge >= 0.3 is 0 Å². The SMILES string of the molecule is CCNC(=NCc1cc(CC)no1)NCCN1CCCCC1CC.I. The molecule has 1 aromatic rings. The van der Waals surface area contributed by atoms with Crippen LogP contribution >= 0.6 is 24.0 Å². The van der Waals surface area contributed by atoms with Gasteiger partial charge in [-0.15, -0.1) is 24.0 Å². The summed E-state index contributed by atoms with van der Waals surface area (Å²) in [6.45, 7) is 11.0. The molecule has 7 heteroatoms. The van der Waals surface area contributed by atoms with Crippen molar-refractivity contribution in [1.82, 2.24) is 20.7 Å². The molecule has 0 amide bonds. The number of halogens is 1. The number of hydrogen-bond acceptors (Lipinski definition) is 4. The average Bonchev–Trinajstić information content (AvgIpc) is 3.08. The van der Waals surface area contributed by atoms with Gasteiger partial charge in [0.05, 0.1) is 5.69 Å². The molecule has 25 heavy (non-hydrogen) atoms. The lowest BCUT2D eigenvalue weighted by molar-refractivity contribution is 0.147. The number of guanidine groups is 1. The minimum Gasteiger partial charge on any atom is -0.359 e. The van der Waals surface area contributed by atoms with E-state index in [9.17, 15) is 0 Å². The number of aliphatic imine (C=N–C) groups is 1. The molecule has 1 aliphatic rings. The molecule has 1 unspecified atom stereocenters. The third-order valence-electron chi connectivity index (χ3n) is 4.62. The van der Waals surface area contributed by atoms with Crippen LogP contribution in [0.5, 0.6) is 0 Å². The molecule has 1 saturated heterocycles. The minimum atomic E-state index is 0. The van der Waals surface area contributed by atoms with Crippen molar-refractivity contribution in [3.63, 3.8) is 0 Å². The summed E-state index contributed by atoms with van der Waals surface area (Å²) in [6, 6.07) is 2.73. The van der Waals surface area contributed by atoms with Gasteiger partial charge in [0, 0.05) is 31.7 Å². The average molecular weight is 463 g/mol. The Morgan fingerprint density at radius 2 is 2.16 bits per heavy atom. The molecule has 0 radical (unpaired) electrons. The van der Waals surface area contributed by atoms with Crippen molar-refractivity contribution in [2.24, 2.45) is 4.99 Å². The maximum absolute atomic E-state index is 5.29. The molecule has 1 aromatic heterocycles. The van der Waals surface area contributed by atoms with Crippen LogP contribution in [0.1, 0.15) is 57.9 Å². The fourth-order valence-corrected chi connectivity index (χ4v) is 3.23. The molecule has 0 bridgehead atoms. The topological polar surface area (TPSA) is 65.7 Å². The van der Waals surface area contributed by atoms with E-state index in [-0.39, 0.29) is 24.0 Å². The highest BCUT2D eigenvalue weighted by atomic mass is 127. The quantitative estimate of drug-likeness (QED) is 0.352. The Morgan fingerprint density at radius 1 is 1.32 bits per heavy atom. The van der Waals surface area contributed by atoms with Crippen molar-refractivity contribution >= 4 is 29.9 Å². The largest absolute Gasteiger partial charge is 0.359 e. The Kier molecular flexibility index (Phi) is 11.1. The van der Waals surface area contributed by atoms with E-state index in [2.05, 4.69) is 46.5 Å². The van der Waals surface area contributed by atoms with Crippen molar-refractivity contribution in [3.05, 3.63) is 17.5 Å². The number of rotatable bonds is 8. The third kappa shape index (κ3) is 7.52. The smallest absolute Gasteiger partial charge is 0.191 e. The number of hydrogen-bond donors (Lipinski definition) is 2. The highest BCUT2D eigenvalue weighted by molar-refractivity contribution is 14.0. The zero-order chi connectivity index (χ0) is 17.2. The molecule has 1 fully saturated rings. The van der Waals surface area contributed by atoms with Crippen LogP contribution in [0.15, 0.2) is 15.6 Å². The van der Waals surface area contributed by atoms with E-state index >= 15 is 0 Å². The molecule has 6 nitrogen and oxygen atoms in total. The first-order valence-electron chi connectivity index (χ1n) is 9.47. The van der Waals surface area contributed by atoms with Crippen LogP contribution in [-0.4, -0.2) is 48.2 Å². The van der Waals surface area contributed by atoms with E-state index in [1.54, 1.807) is 0 Å². The highest BCUT2D eigenvalue weighted by Crippen LogP contribution is 2.18. The maximum Gasteiger partial charge on any atom is 0.191 e. The van der Waals surface area contributed by atoms with E-state index in [0.717, 1.165) is 49.5 Å². The zero-order valence-electron chi connectivity index (χ0n) is 15.9. The summed E-state index contributed by atoms with van der Waals surface area (Å²) >= 11 is 0. The fraction of sp³-hybridized carbons (Fsp3) is 0.778. The van der Waals surface area contributed by atoms with Gasteiger partial charge < -0.3 is 15.2 Å². The molecule has 2 heterocycles. The van der Waals surface area contributed by atoms with Crippen molar-refractivity contribution in [2.45, 2.75) is 65.5 Å². The fourth-order valence-electron chi connectivity index (χ4n) is 3.23. The second-order valence-electron chi connectivity index (χ2n) is 6.35. The molecule has 0 aliphatic carbocycles. The lowest BCUT2D eigenvalue weighted by atomic mass is 10.0. The monoisotopic (exact) mass is 463 g/mol. The van der Waals surface area contributed by atoms with Gasteiger partial charge in [-0.2, -0.15) is 0 Å². The molecule has 2 rings (SSSR count). The van der Waals surface area contributed by atoms with E-state index in [1.165, 1.54) is 32.2 Å². The predicted molar refractivity (Wildman–Crippen MR) is 114 cm³/mol. The van der Waals surface area contributed by atoms with Gasteiger partial charge in [-0.05, 0) is 39.2 Å². The number of piperidine rings is 1. The van der Waals surface area contributed by atoms with Crippen LogP contribution in [0.3, 0.4) is 0 Å². The summed E-state index contributed by atoms with van der Waals surface area (Å²) in [7, 11) is 0. The molecular formula is C18H34IN5O. The normalized spacial score (nSPS) is 18.7. The van der Waals surface area contributed by atoms with Crippen LogP contribution in [0.2, 0.25) is 0 Å². The summed E-state index contributed by atoms with van der Waals surface area (Å²) in [5, 5.41) is 10.7. The number of aromatic nitrogens is 1. The Labute approximate surface area is 169 Å². The molecule has 1 atom stereocenters. The van der Waals surface area contributed by atoms with Crippen molar-refractivity contribution in [3.8, 4) is 0 Å². The second kappa shape index (κ2) is 12.5. The van der Waals surface area contributed by atoms with Crippen molar-refractivity contribution in [2.75, 3.05) is 26.2 Å². The Balaban J connectivity index is 0.00000312. The minimum absolute atomic E-state index is 0. The van der Waals surface area contributed by atoms with Gasteiger partial charge in [0.15, 0.2) is 11.7 Å². The van der Waals surface area contributed by atoms with Crippen LogP contribution < -0.4 is 10.6 Å². The van der Waals surface area contributed by atoms with E-state index in [4.69, 9.17) is 4.52 Å². The summed E-state index contributed by atoms with van der Waals surface area (Å²) in [6.07, 6.45) is 6.19. The summed E-state index contributed by atoms with van der Waals surface area (Å²) < 4.78 is 5.29. The molecule has 144 valence electrons. The number of likely N-dealkylation sites (tertiary alicyclic amines) is 1. The Morgan fingerprint density at radius 3 is 2.84 bits per heavy atom. The van der Waals surface area contributed by atoms with E-state index in [1.807, 2.05) is 6.07 Å². The highest BCUT2D eigenvalue weighted by Gasteiger charge is 2.19. The zero-order valence-corrected chi connectivity index (χ0v) is 18.2. The van der Waals surface area contributed by atoms with Gasteiger partial charge in [0.1, 0.15) is 6.54 Å². The maximum atomic E-state index is 5.29. The van der Waals surface area contributed by atoms with Crippen LogP contribution in [0.25, 0.3) is 0 Å². The van der Waals surface area contributed by atoms with Gasteiger partial charge in [0.25, 0.3) is 0 Å². The lowest BCUT2D eigenvalue weighted by Gasteiger charge is -2.35. The van der Waals surface area contributed by atoms with Gasteiger partial charge in [-0.25, -0.2) is 4.99 Å². The number of nitrogens with zero attached hydrogens (tertiary/aromatic N) is 3. The first-order chi connectivity index (χ1) is 11.8. The lowest BCUT2D eigenvalue weighted by Crippen LogP contribution is -2.45. The van der Waals surface area contributed by atoms with Crippen LogP contribution in [0.4, 0.5) is 0 Å². The van der Waals surface area contributed by atoms with Gasteiger partial charge in [-0.3, -0.25) is 4.90 Å². The summed E-state index contributed by atoms with van der Waals surface area (Å²) in [5.41, 5.74) is 0.980. The Hall–Kier alpha value is -0.830. The molecule has 0 saturated carbocycles. The van der Waals surface area contributed by atoms with E-state index < -0.39 is 0 Å². The van der Waals surface area contributed by atoms with Crippen LogP contribution in [0, 0.1) is 0 Å². The van der Waals surface area contributed by atoms with Gasteiger partial charge in [0.2, 0.25) is 0 Å². The molecule has 2 N–H and O–H groups in total. The van der Waals surface area contributed by atoms with Crippen LogP contribution in [-0.2, 0) is 13.0 Å². The van der Waals surface area contributed by atoms with Gasteiger partial charge in [-0.1, -0.05) is 25.4 Å². The summed E-state index contributed by atoms with van der Waals surface area (Å²) in [4.78, 5) is 7.21. The predicted octanol–water partition coefficient (Wildman–Crippen LogP) is 3.17. The van der Waals surface area contributed by atoms with E-state index in [0.29, 0.717) is 6.54 Å². The molecule has 1 aliphatic heterocycles. The standard InChI is InChI=1S/C18H33N5O.HI/c1-4-15-13-17(24-22-15)14-21-18(19-6-3)20-10-12-23-11-8-7-9-16(23)5-2;/h13,16H,4-12,14H2,1-3H3,(H2,19,20,21);1H. The number of aryl methyl sites for hydroxylation is 1. The van der Waals surface area contributed by atoms with Crippen molar-refractivity contribution < 1.29 is 4.52 Å². The number of nitrogens with one attached hydrogen (secondary N) is 2.